The molecule has 2 aromatic carbocycles. The Morgan fingerprint density at radius 3 is 2.68 bits per heavy atom. The number of amides is 2. The molecule has 2 amide bonds. The van der Waals surface area contributed by atoms with Gasteiger partial charge in [-0.2, -0.15) is 0 Å². The topological polar surface area (TPSA) is 101 Å². The Balaban J connectivity index is 1.88. The summed E-state index contributed by atoms with van der Waals surface area (Å²) in [6, 6.07) is 16.6. The Morgan fingerprint density at radius 1 is 1.08 bits per heavy atom. The molecular formula is C29H35N3O5. The molecule has 2 N–H and O–H groups in total. The normalized spacial score (nSPS) is 10.6. The van der Waals surface area contributed by atoms with Gasteiger partial charge in [0.25, 0.3) is 0 Å². The number of ether oxygens (including phenoxy) is 2. The van der Waals surface area contributed by atoms with E-state index < -0.39 is 5.97 Å². The summed E-state index contributed by atoms with van der Waals surface area (Å²) in [5.41, 5.74) is 3.76. The zero-order chi connectivity index (χ0) is 26.6. The first kappa shape index (κ1) is 27.5. The van der Waals surface area contributed by atoms with Gasteiger partial charge in [-0.1, -0.05) is 44.0 Å². The van der Waals surface area contributed by atoms with E-state index in [0.717, 1.165) is 41.7 Å². The molecular weight excluding hydrogens is 470 g/mol. The van der Waals surface area contributed by atoms with Crippen molar-refractivity contribution in [1.29, 1.82) is 0 Å². The number of aliphatic carboxylic acids is 1. The molecule has 8 nitrogen and oxygen atoms in total. The molecule has 0 bridgehead atoms. The Bertz CT molecular complexity index is 1200. The van der Waals surface area contributed by atoms with Gasteiger partial charge in [0.15, 0.2) is 0 Å². The molecule has 1 aromatic heterocycles. The van der Waals surface area contributed by atoms with E-state index in [1.807, 2.05) is 48.5 Å². The third-order valence-electron chi connectivity index (χ3n) is 5.99. The molecule has 3 aromatic rings. The van der Waals surface area contributed by atoms with E-state index in [4.69, 9.17) is 9.47 Å². The molecule has 0 saturated carbocycles. The summed E-state index contributed by atoms with van der Waals surface area (Å²) in [5.74, 6) is 0.432. The van der Waals surface area contributed by atoms with Gasteiger partial charge in [0.05, 0.1) is 18.5 Å². The van der Waals surface area contributed by atoms with Crippen LogP contribution in [0, 0.1) is 0 Å². The molecule has 0 unspecified atom stereocenters. The second-order valence-corrected chi connectivity index (χ2v) is 8.73. The van der Waals surface area contributed by atoms with Crippen LogP contribution in [0.1, 0.15) is 43.7 Å². The number of carbonyl (C=O) groups excluding carboxylic acids is 1. The SMILES string of the molecule is CCCCCNC(=O)N(C)c1cccnc1-c1ccc(CCC(=O)O)c(OCc2cccc(OC)c2)c1. The van der Waals surface area contributed by atoms with Gasteiger partial charge >= 0.3 is 12.0 Å². The minimum Gasteiger partial charge on any atom is -0.497 e. The number of hydrogen-bond donors (Lipinski definition) is 2. The van der Waals surface area contributed by atoms with Gasteiger partial charge in [-0.15, -0.1) is 0 Å². The van der Waals surface area contributed by atoms with Crippen molar-refractivity contribution in [2.24, 2.45) is 0 Å². The molecule has 196 valence electrons. The van der Waals surface area contributed by atoms with Gasteiger partial charge in [0.1, 0.15) is 18.1 Å². The van der Waals surface area contributed by atoms with Gasteiger partial charge < -0.3 is 19.9 Å². The lowest BCUT2D eigenvalue weighted by Gasteiger charge is -2.21. The Kier molecular flexibility index (Phi) is 10.3. The van der Waals surface area contributed by atoms with Crippen molar-refractivity contribution in [1.82, 2.24) is 10.3 Å². The number of aromatic nitrogens is 1. The van der Waals surface area contributed by atoms with Crippen LogP contribution in [0.2, 0.25) is 0 Å². The maximum atomic E-state index is 12.8. The number of methoxy groups -OCH3 is 1. The predicted octanol–water partition coefficient (Wildman–Crippen LogP) is 5.69. The lowest BCUT2D eigenvalue weighted by atomic mass is 10.0. The third kappa shape index (κ3) is 7.96. The highest BCUT2D eigenvalue weighted by atomic mass is 16.5. The van der Waals surface area contributed by atoms with E-state index in [1.54, 1.807) is 31.3 Å². The van der Waals surface area contributed by atoms with Crippen LogP contribution in [0.5, 0.6) is 11.5 Å². The second kappa shape index (κ2) is 13.9. The summed E-state index contributed by atoms with van der Waals surface area (Å²) in [5, 5.41) is 12.2. The number of nitrogens with one attached hydrogen (secondary N) is 1. The average Bonchev–Trinajstić information content (AvgIpc) is 2.92. The first-order valence-corrected chi connectivity index (χ1v) is 12.5. The fraction of sp³-hybridized carbons (Fsp3) is 0.345. The maximum absolute atomic E-state index is 12.8. The van der Waals surface area contributed by atoms with Crippen LogP contribution < -0.4 is 19.7 Å². The third-order valence-corrected chi connectivity index (χ3v) is 5.99. The summed E-state index contributed by atoms with van der Waals surface area (Å²) in [7, 11) is 3.33. The monoisotopic (exact) mass is 505 g/mol. The molecule has 0 fully saturated rings. The van der Waals surface area contributed by atoms with Crippen LogP contribution in [-0.2, 0) is 17.8 Å². The van der Waals surface area contributed by atoms with E-state index in [0.29, 0.717) is 30.1 Å². The van der Waals surface area contributed by atoms with Crippen LogP contribution in [0.4, 0.5) is 10.5 Å². The number of nitrogens with zero attached hydrogens (tertiary/aromatic N) is 2. The van der Waals surface area contributed by atoms with E-state index in [2.05, 4.69) is 17.2 Å². The Labute approximate surface area is 218 Å². The summed E-state index contributed by atoms with van der Waals surface area (Å²) >= 11 is 0. The van der Waals surface area contributed by atoms with E-state index in [1.165, 1.54) is 0 Å². The quantitative estimate of drug-likeness (QED) is 0.290. The maximum Gasteiger partial charge on any atom is 0.321 e. The summed E-state index contributed by atoms with van der Waals surface area (Å²) in [6.45, 7) is 3.03. The molecule has 1 heterocycles. The smallest absolute Gasteiger partial charge is 0.321 e. The highest BCUT2D eigenvalue weighted by molar-refractivity contribution is 5.95. The number of carbonyl (C=O) groups is 2. The highest BCUT2D eigenvalue weighted by Gasteiger charge is 2.18. The van der Waals surface area contributed by atoms with Crippen LogP contribution in [0.15, 0.2) is 60.8 Å². The summed E-state index contributed by atoms with van der Waals surface area (Å²) in [6.07, 6.45) is 5.09. The molecule has 8 heteroatoms. The number of rotatable bonds is 13. The number of unbranched alkanes of at least 4 members (excludes halogenated alkanes) is 2. The number of urea groups is 1. The first-order chi connectivity index (χ1) is 17.9. The number of hydrogen-bond acceptors (Lipinski definition) is 5. The number of anilines is 1. The van der Waals surface area contributed by atoms with E-state index >= 15 is 0 Å². The van der Waals surface area contributed by atoms with Crippen LogP contribution in [-0.4, -0.2) is 42.8 Å². The number of benzene rings is 2. The van der Waals surface area contributed by atoms with Crippen molar-refractivity contribution in [2.75, 3.05) is 25.6 Å². The van der Waals surface area contributed by atoms with E-state index in [-0.39, 0.29) is 19.1 Å². The van der Waals surface area contributed by atoms with Crippen molar-refractivity contribution < 1.29 is 24.2 Å². The van der Waals surface area contributed by atoms with E-state index in [9.17, 15) is 14.7 Å². The molecule has 0 radical (unpaired) electrons. The second-order valence-electron chi connectivity index (χ2n) is 8.73. The van der Waals surface area contributed by atoms with Crippen LogP contribution >= 0.6 is 0 Å². The van der Waals surface area contributed by atoms with Crippen LogP contribution in [0.25, 0.3) is 11.3 Å². The van der Waals surface area contributed by atoms with Crippen molar-refractivity contribution in [3.05, 3.63) is 71.9 Å². The van der Waals surface area contributed by atoms with Crippen molar-refractivity contribution >= 4 is 17.7 Å². The minimum absolute atomic E-state index is 0.00928. The Morgan fingerprint density at radius 2 is 1.92 bits per heavy atom. The molecule has 0 aliphatic rings. The van der Waals surface area contributed by atoms with Crippen molar-refractivity contribution in [3.8, 4) is 22.8 Å². The zero-order valence-electron chi connectivity index (χ0n) is 21.7. The van der Waals surface area contributed by atoms with Gasteiger partial charge in [-0.3, -0.25) is 14.7 Å². The van der Waals surface area contributed by atoms with Gasteiger partial charge in [0.2, 0.25) is 0 Å². The van der Waals surface area contributed by atoms with Crippen molar-refractivity contribution in [2.45, 2.75) is 45.6 Å². The molecule has 0 spiro atoms. The Hall–Kier alpha value is -4.07. The fourth-order valence-electron chi connectivity index (χ4n) is 3.90. The summed E-state index contributed by atoms with van der Waals surface area (Å²) < 4.78 is 11.5. The minimum atomic E-state index is -0.874. The number of pyridine rings is 1. The standard InChI is InChI=1S/C29H35N3O5/c1-4-5-6-16-31-29(35)32(2)25-11-8-17-30-28(25)23-13-12-22(14-15-27(33)34)26(19-23)37-20-21-9-7-10-24(18-21)36-3/h7-13,17-19H,4-6,14-16,20H2,1-3H3,(H,31,35)(H,33,34). The molecule has 0 atom stereocenters. The van der Waals surface area contributed by atoms with Crippen molar-refractivity contribution in [3.63, 3.8) is 0 Å². The van der Waals surface area contributed by atoms with Crippen LogP contribution in [0.3, 0.4) is 0 Å². The lowest BCUT2D eigenvalue weighted by molar-refractivity contribution is -0.136. The fourth-order valence-corrected chi connectivity index (χ4v) is 3.90. The molecule has 3 rings (SSSR count). The zero-order valence-corrected chi connectivity index (χ0v) is 21.7. The largest absolute Gasteiger partial charge is 0.497 e. The lowest BCUT2D eigenvalue weighted by Crippen LogP contribution is -2.38. The predicted molar refractivity (Wildman–Crippen MR) is 144 cm³/mol. The number of carboxylic acids is 1. The van der Waals surface area contributed by atoms with Gasteiger partial charge in [-0.05, 0) is 54.3 Å². The molecule has 0 saturated heterocycles. The highest BCUT2D eigenvalue weighted by Crippen LogP contribution is 2.33. The molecule has 37 heavy (non-hydrogen) atoms. The number of aryl methyl sites for hydroxylation is 1. The van der Waals surface area contributed by atoms with Gasteiger partial charge in [-0.25, -0.2) is 4.79 Å². The van der Waals surface area contributed by atoms with Gasteiger partial charge in [0, 0.05) is 31.8 Å². The average molecular weight is 506 g/mol. The molecule has 0 aliphatic heterocycles. The summed E-state index contributed by atoms with van der Waals surface area (Å²) in [4.78, 5) is 30.1. The first-order valence-electron chi connectivity index (χ1n) is 12.5. The molecule has 0 aliphatic carbocycles. The number of carboxylic acid groups (broad SMARTS) is 1.